The smallest absolute Gasteiger partial charge is 0.244 e. The molecule has 0 aromatic rings. The zero-order valence-electron chi connectivity index (χ0n) is 12.5. The van der Waals surface area contributed by atoms with Crippen LogP contribution in [0.15, 0.2) is 0 Å². The summed E-state index contributed by atoms with van der Waals surface area (Å²) in [5.41, 5.74) is 0. The minimum atomic E-state index is -0.505. The molecule has 1 N–H and O–H groups in total. The van der Waals surface area contributed by atoms with Crippen molar-refractivity contribution >= 4 is 17.6 Å². The predicted octanol–water partition coefficient (Wildman–Crippen LogP) is 0.975. The standard InChI is InChI=1S/C15H24N2O3/c1-9(15(20)17(2)3)16-14(19)12-7-10-5-4-6-11(8-12)13(10)18/h9-12H,4-8H2,1-3H3,(H,16,19). The van der Waals surface area contributed by atoms with Gasteiger partial charge in [0.15, 0.2) is 0 Å². The molecule has 0 aliphatic heterocycles. The SMILES string of the molecule is CC(NC(=O)C1CC2CCCC(C1)C2=O)C(=O)N(C)C. The molecular formula is C15H24N2O3. The number of hydrogen-bond donors (Lipinski definition) is 1. The fourth-order valence-corrected chi connectivity index (χ4v) is 3.47. The van der Waals surface area contributed by atoms with Crippen molar-refractivity contribution in [3.8, 4) is 0 Å². The van der Waals surface area contributed by atoms with E-state index in [1.807, 2.05) is 0 Å². The Kier molecular flexibility index (Phi) is 4.45. The molecule has 2 aliphatic carbocycles. The van der Waals surface area contributed by atoms with Gasteiger partial charge in [0.25, 0.3) is 0 Å². The fraction of sp³-hybridized carbons (Fsp3) is 0.800. The van der Waals surface area contributed by atoms with E-state index in [4.69, 9.17) is 0 Å². The normalized spacial score (nSPS) is 30.6. The van der Waals surface area contributed by atoms with E-state index in [1.54, 1.807) is 21.0 Å². The Balaban J connectivity index is 1.93. The van der Waals surface area contributed by atoms with Crippen LogP contribution in [0.5, 0.6) is 0 Å². The van der Waals surface area contributed by atoms with Gasteiger partial charge in [0, 0.05) is 31.8 Å². The van der Waals surface area contributed by atoms with E-state index >= 15 is 0 Å². The first-order chi connectivity index (χ1) is 9.40. The van der Waals surface area contributed by atoms with Crippen LogP contribution in [0.3, 0.4) is 0 Å². The second-order valence-corrected chi connectivity index (χ2v) is 6.36. The molecule has 0 radical (unpaired) electrons. The molecule has 2 amide bonds. The highest BCUT2D eigenvalue weighted by Gasteiger charge is 2.41. The quantitative estimate of drug-likeness (QED) is 0.838. The zero-order valence-corrected chi connectivity index (χ0v) is 12.5. The Morgan fingerprint density at radius 1 is 1.20 bits per heavy atom. The molecule has 2 bridgehead atoms. The summed E-state index contributed by atoms with van der Waals surface area (Å²) in [6, 6.07) is -0.505. The van der Waals surface area contributed by atoms with Gasteiger partial charge in [-0.1, -0.05) is 6.42 Å². The molecule has 0 aromatic carbocycles. The van der Waals surface area contributed by atoms with E-state index in [2.05, 4.69) is 5.32 Å². The maximum Gasteiger partial charge on any atom is 0.244 e. The molecular weight excluding hydrogens is 256 g/mol. The van der Waals surface area contributed by atoms with E-state index in [1.165, 1.54) is 4.90 Å². The van der Waals surface area contributed by atoms with Gasteiger partial charge in [0.2, 0.25) is 11.8 Å². The van der Waals surface area contributed by atoms with Gasteiger partial charge in [-0.15, -0.1) is 0 Å². The van der Waals surface area contributed by atoms with Gasteiger partial charge in [0.05, 0.1) is 0 Å². The lowest BCUT2D eigenvalue weighted by Gasteiger charge is -2.37. The zero-order chi connectivity index (χ0) is 14.9. The molecule has 2 saturated carbocycles. The number of hydrogen-bond acceptors (Lipinski definition) is 3. The van der Waals surface area contributed by atoms with Gasteiger partial charge < -0.3 is 10.2 Å². The molecule has 0 heterocycles. The second-order valence-electron chi connectivity index (χ2n) is 6.36. The van der Waals surface area contributed by atoms with Crippen LogP contribution in [0.25, 0.3) is 0 Å². The number of ketones is 1. The third-order valence-electron chi connectivity index (χ3n) is 4.59. The van der Waals surface area contributed by atoms with Gasteiger partial charge in [-0.3, -0.25) is 14.4 Å². The third-order valence-corrected chi connectivity index (χ3v) is 4.59. The van der Waals surface area contributed by atoms with Crippen LogP contribution in [0.1, 0.15) is 39.0 Å². The summed E-state index contributed by atoms with van der Waals surface area (Å²) in [4.78, 5) is 37.5. The lowest BCUT2D eigenvalue weighted by Crippen LogP contribution is -2.49. The minimum Gasteiger partial charge on any atom is -0.347 e. The van der Waals surface area contributed by atoms with Crippen LogP contribution in [0, 0.1) is 17.8 Å². The number of nitrogens with one attached hydrogen (secondary N) is 1. The van der Waals surface area contributed by atoms with E-state index in [0.717, 1.165) is 19.3 Å². The van der Waals surface area contributed by atoms with E-state index in [-0.39, 0.29) is 29.6 Å². The molecule has 5 heteroatoms. The number of rotatable bonds is 3. The fourth-order valence-electron chi connectivity index (χ4n) is 3.47. The second kappa shape index (κ2) is 5.94. The summed E-state index contributed by atoms with van der Waals surface area (Å²) in [6.07, 6.45) is 4.26. The van der Waals surface area contributed by atoms with Crippen LogP contribution in [0.4, 0.5) is 0 Å². The molecule has 2 aliphatic rings. The highest BCUT2D eigenvalue weighted by atomic mass is 16.2. The number of carbonyl (C=O) groups excluding carboxylic acids is 3. The molecule has 20 heavy (non-hydrogen) atoms. The topological polar surface area (TPSA) is 66.5 Å². The van der Waals surface area contributed by atoms with Crippen LogP contribution >= 0.6 is 0 Å². The van der Waals surface area contributed by atoms with Gasteiger partial charge in [-0.25, -0.2) is 0 Å². The average molecular weight is 280 g/mol. The number of carbonyl (C=O) groups is 3. The lowest BCUT2D eigenvalue weighted by atomic mass is 9.67. The van der Waals surface area contributed by atoms with E-state index < -0.39 is 6.04 Å². The highest BCUT2D eigenvalue weighted by molar-refractivity contribution is 5.91. The largest absolute Gasteiger partial charge is 0.347 e. The van der Waals surface area contributed by atoms with Gasteiger partial charge >= 0.3 is 0 Å². The average Bonchev–Trinajstić information content (AvgIpc) is 2.36. The first-order valence-corrected chi connectivity index (χ1v) is 7.45. The van der Waals surface area contributed by atoms with Crippen molar-refractivity contribution in [1.29, 1.82) is 0 Å². The van der Waals surface area contributed by atoms with Crippen molar-refractivity contribution in [2.45, 2.75) is 45.1 Å². The maximum atomic E-state index is 12.3. The maximum absolute atomic E-state index is 12.3. The number of fused-ring (bicyclic) bond motifs is 2. The van der Waals surface area contributed by atoms with E-state index in [9.17, 15) is 14.4 Å². The van der Waals surface area contributed by atoms with Crippen LogP contribution < -0.4 is 5.32 Å². The summed E-state index contributed by atoms with van der Waals surface area (Å²) in [5, 5.41) is 2.79. The molecule has 5 nitrogen and oxygen atoms in total. The summed E-state index contributed by atoms with van der Waals surface area (Å²) >= 11 is 0. The highest BCUT2D eigenvalue weighted by Crippen LogP contribution is 2.40. The number of likely N-dealkylation sites (N-methyl/N-ethyl adjacent to an activating group) is 1. The molecule has 3 unspecified atom stereocenters. The monoisotopic (exact) mass is 280 g/mol. The Hall–Kier alpha value is -1.39. The first kappa shape index (κ1) is 15.0. The molecule has 2 rings (SSSR count). The number of Topliss-reactive ketones (excluding diaryl/α,β-unsaturated/α-hetero) is 1. The molecule has 3 atom stereocenters. The Morgan fingerprint density at radius 2 is 1.75 bits per heavy atom. The van der Waals surface area contributed by atoms with Crippen molar-refractivity contribution in [2.75, 3.05) is 14.1 Å². The van der Waals surface area contributed by atoms with Crippen molar-refractivity contribution in [2.24, 2.45) is 17.8 Å². The third kappa shape index (κ3) is 3.02. The summed E-state index contributed by atoms with van der Waals surface area (Å²) in [6.45, 7) is 1.70. The Labute approximate surface area is 120 Å². The Morgan fingerprint density at radius 3 is 2.25 bits per heavy atom. The number of amides is 2. The van der Waals surface area contributed by atoms with Crippen molar-refractivity contribution in [3.05, 3.63) is 0 Å². The predicted molar refractivity (Wildman–Crippen MR) is 74.9 cm³/mol. The molecule has 0 aromatic heterocycles. The Bertz CT molecular complexity index is 403. The van der Waals surface area contributed by atoms with Gasteiger partial charge in [-0.2, -0.15) is 0 Å². The molecule has 112 valence electrons. The van der Waals surface area contributed by atoms with Gasteiger partial charge in [0.1, 0.15) is 11.8 Å². The summed E-state index contributed by atoms with van der Waals surface area (Å²) < 4.78 is 0. The van der Waals surface area contributed by atoms with Crippen LogP contribution in [0.2, 0.25) is 0 Å². The summed E-state index contributed by atoms with van der Waals surface area (Å²) in [7, 11) is 3.35. The number of nitrogens with zero attached hydrogens (tertiary/aromatic N) is 1. The molecule has 0 spiro atoms. The van der Waals surface area contributed by atoms with Crippen molar-refractivity contribution < 1.29 is 14.4 Å². The van der Waals surface area contributed by atoms with E-state index in [0.29, 0.717) is 18.6 Å². The van der Waals surface area contributed by atoms with Crippen LogP contribution in [-0.2, 0) is 14.4 Å². The summed E-state index contributed by atoms with van der Waals surface area (Å²) in [5.74, 6) is 0.205. The molecule has 0 saturated heterocycles. The lowest BCUT2D eigenvalue weighted by molar-refractivity contribution is -0.140. The van der Waals surface area contributed by atoms with Crippen LogP contribution in [-0.4, -0.2) is 42.6 Å². The minimum absolute atomic E-state index is 0.0677. The molecule has 2 fully saturated rings. The first-order valence-electron chi connectivity index (χ1n) is 7.45. The van der Waals surface area contributed by atoms with Crippen molar-refractivity contribution in [3.63, 3.8) is 0 Å². The van der Waals surface area contributed by atoms with Crippen molar-refractivity contribution in [1.82, 2.24) is 10.2 Å². The van der Waals surface area contributed by atoms with Gasteiger partial charge in [-0.05, 0) is 32.6 Å².